The maximum absolute atomic E-state index is 10.3. The quantitative estimate of drug-likeness (QED) is 0.751. The van der Waals surface area contributed by atoms with Gasteiger partial charge in [0, 0.05) is 37.2 Å². The van der Waals surface area contributed by atoms with Crippen LogP contribution < -0.4 is 10.6 Å². The third-order valence-corrected chi connectivity index (χ3v) is 4.15. The minimum absolute atomic E-state index is 0.0133. The Morgan fingerprint density at radius 3 is 2.96 bits per heavy atom. The Kier molecular flexibility index (Phi) is 4.76. The standard InChI is InChI=1S/C16H24N6O/c1-3-17-16-19-11(2)7-15(21-16)20-13-8-12(9-14(13)23)10-22-6-4-5-18-22/h4-7,12-14,23H,3,8-10H2,1-2H3,(H2,17,19,20,21)/t12?,13-,14-/m1/s1. The molecule has 3 N–H and O–H groups in total. The Morgan fingerprint density at radius 1 is 1.35 bits per heavy atom. The number of aryl methyl sites for hydroxylation is 1. The Hall–Kier alpha value is -2.15. The summed E-state index contributed by atoms with van der Waals surface area (Å²) in [4.78, 5) is 8.81. The fourth-order valence-corrected chi connectivity index (χ4v) is 3.17. The molecule has 7 heteroatoms. The van der Waals surface area contributed by atoms with Gasteiger partial charge < -0.3 is 15.7 Å². The van der Waals surface area contributed by atoms with E-state index < -0.39 is 0 Å². The number of nitrogens with one attached hydrogen (secondary N) is 2. The van der Waals surface area contributed by atoms with E-state index in [-0.39, 0.29) is 12.1 Å². The van der Waals surface area contributed by atoms with Gasteiger partial charge in [0.25, 0.3) is 0 Å². The smallest absolute Gasteiger partial charge is 0.224 e. The molecule has 0 aliphatic heterocycles. The van der Waals surface area contributed by atoms with Gasteiger partial charge >= 0.3 is 0 Å². The van der Waals surface area contributed by atoms with Crippen molar-refractivity contribution >= 4 is 11.8 Å². The van der Waals surface area contributed by atoms with Crippen LogP contribution in [0, 0.1) is 12.8 Å². The zero-order valence-electron chi connectivity index (χ0n) is 13.6. The SMILES string of the molecule is CCNc1nc(C)cc(N[C@@H]2CC(Cn3cccn3)C[C@H]2O)n1. The number of hydrogen-bond donors (Lipinski definition) is 3. The van der Waals surface area contributed by atoms with Gasteiger partial charge in [-0.2, -0.15) is 10.1 Å². The summed E-state index contributed by atoms with van der Waals surface area (Å²) < 4.78 is 1.93. The van der Waals surface area contributed by atoms with Crippen molar-refractivity contribution in [2.45, 2.75) is 45.4 Å². The Bertz CT molecular complexity index is 630. The van der Waals surface area contributed by atoms with E-state index in [4.69, 9.17) is 0 Å². The van der Waals surface area contributed by atoms with Gasteiger partial charge in [-0.15, -0.1) is 0 Å². The Labute approximate surface area is 136 Å². The predicted molar refractivity (Wildman–Crippen MR) is 89.3 cm³/mol. The van der Waals surface area contributed by atoms with Gasteiger partial charge in [-0.3, -0.25) is 4.68 Å². The highest BCUT2D eigenvalue weighted by Crippen LogP contribution is 2.29. The molecule has 0 bridgehead atoms. The number of aromatic nitrogens is 4. The monoisotopic (exact) mass is 316 g/mol. The fraction of sp³-hybridized carbons (Fsp3) is 0.562. The maximum atomic E-state index is 10.3. The van der Waals surface area contributed by atoms with Crippen molar-refractivity contribution in [3.8, 4) is 0 Å². The summed E-state index contributed by atoms with van der Waals surface area (Å²) in [5, 5.41) is 21.1. The molecule has 3 rings (SSSR count). The molecule has 7 nitrogen and oxygen atoms in total. The first-order chi connectivity index (χ1) is 11.1. The van der Waals surface area contributed by atoms with E-state index in [2.05, 4.69) is 25.7 Å². The van der Waals surface area contributed by atoms with Gasteiger partial charge in [0.05, 0.1) is 12.1 Å². The summed E-state index contributed by atoms with van der Waals surface area (Å²) in [6.07, 6.45) is 5.06. The van der Waals surface area contributed by atoms with Crippen molar-refractivity contribution in [1.29, 1.82) is 0 Å². The summed E-state index contributed by atoms with van der Waals surface area (Å²) >= 11 is 0. The van der Waals surface area contributed by atoms with Crippen LogP contribution in [-0.4, -0.2) is 43.5 Å². The molecule has 2 aromatic heterocycles. The summed E-state index contributed by atoms with van der Waals surface area (Å²) in [7, 11) is 0. The first-order valence-electron chi connectivity index (χ1n) is 8.15. The second-order valence-electron chi connectivity index (χ2n) is 6.13. The van der Waals surface area contributed by atoms with E-state index in [1.807, 2.05) is 36.9 Å². The molecule has 0 radical (unpaired) electrons. The molecule has 2 heterocycles. The van der Waals surface area contributed by atoms with Crippen molar-refractivity contribution in [2.75, 3.05) is 17.2 Å². The van der Waals surface area contributed by atoms with Crippen LogP contribution in [0.1, 0.15) is 25.5 Å². The van der Waals surface area contributed by atoms with E-state index in [0.29, 0.717) is 11.9 Å². The van der Waals surface area contributed by atoms with E-state index in [9.17, 15) is 5.11 Å². The molecule has 1 saturated carbocycles. The molecule has 1 aliphatic rings. The number of nitrogens with zero attached hydrogens (tertiary/aromatic N) is 4. The number of aliphatic hydroxyl groups excluding tert-OH is 1. The normalized spacial score (nSPS) is 23.9. The van der Waals surface area contributed by atoms with E-state index in [0.717, 1.165) is 37.4 Å². The van der Waals surface area contributed by atoms with Gasteiger partial charge in [0.2, 0.25) is 5.95 Å². The second kappa shape index (κ2) is 6.95. The van der Waals surface area contributed by atoms with Crippen LogP contribution in [0.25, 0.3) is 0 Å². The molecule has 3 atom stereocenters. The Morgan fingerprint density at radius 2 is 2.22 bits per heavy atom. The number of rotatable bonds is 6. The van der Waals surface area contributed by atoms with Gasteiger partial charge in [0.1, 0.15) is 5.82 Å². The molecule has 2 aromatic rings. The molecule has 0 amide bonds. The van der Waals surface area contributed by atoms with E-state index >= 15 is 0 Å². The maximum Gasteiger partial charge on any atom is 0.224 e. The lowest BCUT2D eigenvalue weighted by Crippen LogP contribution is -2.28. The number of aliphatic hydroxyl groups is 1. The first kappa shape index (κ1) is 15.7. The topological polar surface area (TPSA) is 87.9 Å². The molecular formula is C16H24N6O. The third kappa shape index (κ3) is 3.98. The summed E-state index contributed by atoms with van der Waals surface area (Å²) in [6.45, 7) is 5.58. The van der Waals surface area contributed by atoms with Crippen molar-refractivity contribution in [1.82, 2.24) is 19.7 Å². The summed E-state index contributed by atoms with van der Waals surface area (Å²) in [5.41, 5.74) is 0.902. The van der Waals surface area contributed by atoms with Gasteiger partial charge in [-0.1, -0.05) is 0 Å². The molecular weight excluding hydrogens is 292 g/mol. The number of anilines is 2. The zero-order chi connectivity index (χ0) is 16.2. The average molecular weight is 316 g/mol. The summed E-state index contributed by atoms with van der Waals surface area (Å²) in [6, 6.07) is 3.85. The van der Waals surface area contributed by atoms with Crippen LogP contribution >= 0.6 is 0 Å². The minimum Gasteiger partial charge on any atom is -0.391 e. The zero-order valence-corrected chi connectivity index (χ0v) is 13.6. The van der Waals surface area contributed by atoms with Crippen molar-refractivity contribution < 1.29 is 5.11 Å². The van der Waals surface area contributed by atoms with E-state index in [1.165, 1.54) is 0 Å². The second-order valence-corrected chi connectivity index (χ2v) is 6.13. The van der Waals surface area contributed by atoms with Crippen LogP contribution in [-0.2, 0) is 6.54 Å². The predicted octanol–water partition coefficient (Wildman–Crippen LogP) is 1.66. The largest absolute Gasteiger partial charge is 0.391 e. The molecule has 0 aromatic carbocycles. The lowest BCUT2D eigenvalue weighted by molar-refractivity contribution is 0.166. The molecule has 0 saturated heterocycles. The van der Waals surface area contributed by atoms with Crippen molar-refractivity contribution in [3.05, 3.63) is 30.2 Å². The highest BCUT2D eigenvalue weighted by molar-refractivity contribution is 5.43. The summed E-state index contributed by atoms with van der Waals surface area (Å²) in [5.74, 6) is 1.80. The lowest BCUT2D eigenvalue weighted by Gasteiger charge is -2.18. The fourth-order valence-electron chi connectivity index (χ4n) is 3.17. The number of hydrogen-bond acceptors (Lipinski definition) is 6. The first-order valence-corrected chi connectivity index (χ1v) is 8.15. The molecule has 124 valence electrons. The van der Waals surface area contributed by atoms with Gasteiger partial charge in [0.15, 0.2) is 0 Å². The molecule has 1 unspecified atom stereocenters. The highest BCUT2D eigenvalue weighted by Gasteiger charge is 2.33. The minimum atomic E-state index is -0.367. The molecule has 0 spiro atoms. The average Bonchev–Trinajstić information content (AvgIpc) is 3.10. The molecule has 1 fully saturated rings. The molecule has 23 heavy (non-hydrogen) atoms. The third-order valence-electron chi connectivity index (χ3n) is 4.15. The van der Waals surface area contributed by atoms with Crippen molar-refractivity contribution in [2.24, 2.45) is 5.92 Å². The lowest BCUT2D eigenvalue weighted by atomic mass is 10.1. The molecule has 1 aliphatic carbocycles. The van der Waals surface area contributed by atoms with Crippen LogP contribution in [0.5, 0.6) is 0 Å². The highest BCUT2D eigenvalue weighted by atomic mass is 16.3. The van der Waals surface area contributed by atoms with Crippen molar-refractivity contribution in [3.63, 3.8) is 0 Å². The van der Waals surface area contributed by atoms with Crippen LogP contribution in [0.2, 0.25) is 0 Å². The van der Waals surface area contributed by atoms with Gasteiger partial charge in [-0.05, 0) is 38.7 Å². The van der Waals surface area contributed by atoms with Crippen LogP contribution in [0.4, 0.5) is 11.8 Å². The van der Waals surface area contributed by atoms with Gasteiger partial charge in [-0.25, -0.2) is 4.98 Å². The Balaban J connectivity index is 1.63. The van der Waals surface area contributed by atoms with Crippen LogP contribution in [0.15, 0.2) is 24.5 Å². The van der Waals surface area contributed by atoms with Crippen LogP contribution in [0.3, 0.4) is 0 Å². The van der Waals surface area contributed by atoms with E-state index in [1.54, 1.807) is 6.20 Å².